The molecule has 2 aliphatic heterocycles. The Morgan fingerprint density at radius 1 is 1.03 bits per heavy atom. The van der Waals surface area contributed by atoms with Gasteiger partial charge in [0.05, 0.1) is 13.3 Å². The number of hydrazine groups is 1. The van der Waals surface area contributed by atoms with Crippen LogP contribution >= 0.6 is 0 Å². The van der Waals surface area contributed by atoms with E-state index in [1.54, 1.807) is 7.11 Å². The van der Waals surface area contributed by atoms with Gasteiger partial charge >= 0.3 is 0 Å². The molecule has 29 heavy (non-hydrogen) atoms. The molecule has 0 saturated carbocycles. The molecule has 2 atom stereocenters. The average Bonchev–Trinajstić information content (AvgIpc) is 3.25. The normalized spacial score (nSPS) is 23.1. The summed E-state index contributed by atoms with van der Waals surface area (Å²) >= 11 is 0. The minimum absolute atomic E-state index is 0.0312. The van der Waals surface area contributed by atoms with Gasteiger partial charge in [0.25, 0.3) is 5.91 Å². The highest BCUT2D eigenvalue weighted by Gasteiger charge is 2.32. The molecule has 6 heteroatoms. The van der Waals surface area contributed by atoms with Crippen molar-refractivity contribution in [2.24, 2.45) is 0 Å². The largest absolute Gasteiger partial charge is 0.497 e. The fourth-order valence-electron chi connectivity index (χ4n) is 4.16. The number of nitrogens with zero attached hydrogens (tertiary/aromatic N) is 1. The van der Waals surface area contributed by atoms with E-state index in [1.807, 2.05) is 43.3 Å². The van der Waals surface area contributed by atoms with Crippen LogP contribution in [0.15, 0.2) is 48.5 Å². The first kappa shape index (κ1) is 19.9. The van der Waals surface area contributed by atoms with Crippen LogP contribution in [-0.4, -0.2) is 43.2 Å². The number of nitrogens with one attached hydrogen (secondary N) is 3. The van der Waals surface area contributed by atoms with Crippen LogP contribution in [0.1, 0.15) is 46.8 Å². The Balaban J connectivity index is 1.25. The van der Waals surface area contributed by atoms with E-state index in [1.165, 1.54) is 11.1 Å². The van der Waals surface area contributed by atoms with Crippen molar-refractivity contribution in [3.8, 4) is 5.75 Å². The van der Waals surface area contributed by atoms with E-state index in [0.717, 1.165) is 43.7 Å². The lowest BCUT2D eigenvalue weighted by molar-refractivity contribution is 0.0880. The summed E-state index contributed by atoms with van der Waals surface area (Å²) < 4.78 is 5.24. The van der Waals surface area contributed by atoms with Gasteiger partial charge in [-0.15, -0.1) is 0 Å². The van der Waals surface area contributed by atoms with Crippen LogP contribution in [0.5, 0.6) is 5.75 Å². The number of methoxy groups -OCH3 is 1. The SMILES string of the molecule is COc1ccc(C2CC(N3CCC(NC(=O)c4ccc(C)cc4)CC3)NN2)cc1. The van der Waals surface area contributed by atoms with Gasteiger partial charge in [-0.05, 0) is 56.0 Å². The number of amides is 1. The first-order valence-corrected chi connectivity index (χ1v) is 10.4. The van der Waals surface area contributed by atoms with Crippen LogP contribution in [0.2, 0.25) is 0 Å². The maximum Gasteiger partial charge on any atom is 0.251 e. The lowest BCUT2D eigenvalue weighted by Gasteiger charge is -2.35. The molecule has 3 N–H and O–H groups in total. The molecule has 0 aromatic heterocycles. The third kappa shape index (κ3) is 4.78. The summed E-state index contributed by atoms with van der Waals surface area (Å²) in [5.41, 5.74) is 10.0. The smallest absolute Gasteiger partial charge is 0.251 e. The highest BCUT2D eigenvalue weighted by molar-refractivity contribution is 5.94. The average molecular weight is 395 g/mol. The Bertz CT molecular complexity index is 814. The summed E-state index contributed by atoms with van der Waals surface area (Å²) in [5, 5.41) is 3.20. The van der Waals surface area contributed by atoms with Crippen molar-refractivity contribution in [2.45, 2.75) is 44.4 Å². The number of rotatable bonds is 5. The van der Waals surface area contributed by atoms with Crippen molar-refractivity contribution in [1.82, 2.24) is 21.1 Å². The quantitative estimate of drug-likeness (QED) is 0.728. The van der Waals surface area contributed by atoms with Crippen LogP contribution in [0, 0.1) is 6.92 Å². The molecule has 4 rings (SSSR count). The van der Waals surface area contributed by atoms with E-state index >= 15 is 0 Å². The molecule has 2 unspecified atom stereocenters. The number of ether oxygens (including phenoxy) is 1. The molecule has 2 fully saturated rings. The van der Waals surface area contributed by atoms with Crippen molar-refractivity contribution >= 4 is 5.91 Å². The van der Waals surface area contributed by atoms with Crippen LogP contribution in [-0.2, 0) is 0 Å². The van der Waals surface area contributed by atoms with Gasteiger partial charge in [0.2, 0.25) is 0 Å². The molecule has 2 aliphatic rings. The van der Waals surface area contributed by atoms with Crippen LogP contribution < -0.4 is 20.9 Å². The minimum Gasteiger partial charge on any atom is -0.497 e. The number of aryl methyl sites for hydroxylation is 1. The Morgan fingerprint density at radius 3 is 2.38 bits per heavy atom. The molecule has 0 spiro atoms. The zero-order chi connectivity index (χ0) is 20.2. The van der Waals surface area contributed by atoms with Gasteiger partial charge in [-0.1, -0.05) is 29.8 Å². The maximum absolute atomic E-state index is 12.5. The second-order valence-electron chi connectivity index (χ2n) is 8.02. The van der Waals surface area contributed by atoms with E-state index in [0.29, 0.717) is 12.2 Å². The topological polar surface area (TPSA) is 65.6 Å². The minimum atomic E-state index is 0.0312. The van der Waals surface area contributed by atoms with Gasteiger partial charge in [0.1, 0.15) is 5.75 Å². The van der Waals surface area contributed by atoms with Crippen LogP contribution in [0.25, 0.3) is 0 Å². The first-order chi connectivity index (χ1) is 14.1. The zero-order valence-electron chi connectivity index (χ0n) is 17.2. The third-order valence-electron chi connectivity index (χ3n) is 6.02. The van der Waals surface area contributed by atoms with Gasteiger partial charge in [0, 0.05) is 30.7 Å². The Kier molecular flexibility index (Phi) is 6.13. The third-order valence-corrected chi connectivity index (χ3v) is 6.02. The molecule has 0 bridgehead atoms. The summed E-state index contributed by atoms with van der Waals surface area (Å²) in [6.45, 7) is 3.99. The summed E-state index contributed by atoms with van der Waals surface area (Å²) in [6.07, 6.45) is 3.29. The summed E-state index contributed by atoms with van der Waals surface area (Å²) in [6, 6.07) is 16.5. The summed E-state index contributed by atoms with van der Waals surface area (Å²) in [5.74, 6) is 0.912. The lowest BCUT2D eigenvalue weighted by atomic mass is 10.0. The lowest BCUT2D eigenvalue weighted by Crippen LogP contribution is -2.51. The van der Waals surface area contributed by atoms with Gasteiger partial charge < -0.3 is 10.1 Å². The molecule has 0 aliphatic carbocycles. The highest BCUT2D eigenvalue weighted by atomic mass is 16.5. The Morgan fingerprint density at radius 2 is 1.72 bits per heavy atom. The van der Waals surface area contributed by atoms with E-state index in [2.05, 4.69) is 33.2 Å². The zero-order valence-corrected chi connectivity index (χ0v) is 17.2. The maximum atomic E-state index is 12.5. The van der Waals surface area contributed by atoms with Crippen molar-refractivity contribution in [3.05, 3.63) is 65.2 Å². The molecular formula is C23H30N4O2. The van der Waals surface area contributed by atoms with Crippen molar-refractivity contribution in [1.29, 1.82) is 0 Å². The molecule has 2 saturated heterocycles. The predicted octanol–water partition coefficient (Wildman–Crippen LogP) is 2.76. The Hall–Kier alpha value is -2.41. The standard InChI is InChI=1S/C23H30N4O2/c1-16-3-5-18(6-4-16)23(28)24-19-11-13-27(14-12-19)22-15-21(25-26-22)17-7-9-20(29-2)10-8-17/h3-10,19,21-22,25-26H,11-15H2,1-2H3,(H,24,28). The van der Waals surface area contributed by atoms with Gasteiger partial charge in [-0.2, -0.15) is 0 Å². The van der Waals surface area contributed by atoms with Gasteiger partial charge in [0.15, 0.2) is 0 Å². The first-order valence-electron chi connectivity index (χ1n) is 10.4. The number of hydrogen-bond acceptors (Lipinski definition) is 5. The molecule has 6 nitrogen and oxygen atoms in total. The monoisotopic (exact) mass is 394 g/mol. The predicted molar refractivity (Wildman–Crippen MR) is 114 cm³/mol. The van der Waals surface area contributed by atoms with Crippen LogP contribution in [0.4, 0.5) is 0 Å². The molecule has 0 radical (unpaired) electrons. The van der Waals surface area contributed by atoms with Gasteiger partial charge in [-0.25, -0.2) is 10.9 Å². The molecule has 154 valence electrons. The fourth-order valence-corrected chi connectivity index (χ4v) is 4.16. The van der Waals surface area contributed by atoms with E-state index < -0.39 is 0 Å². The molecule has 1 amide bonds. The molecule has 2 heterocycles. The van der Waals surface area contributed by atoms with E-state index in [9.17, 15) is 4.79 Å². The second-order valence-corrected chi connectivity index (χ2v) is 8.02. The fraction of sp³-hybridized carbons (Fsp3) is 0.435. The number of hydrogen-bond donors (Lipinski definition) is 3. The molecular weight excluding hydrogens is 364 g/mol. The second kappa shape index (κ2) is 8.95. The number of likely N-dealkylation sites (tertiary alicyclic amines) is 1. The van der Waals surface area contributed by atoms with E-state index in [4.69, 9.17) is 4.74 Å². The molecule has 2 aromatic carbocycles. The van der Waals surface area contributed by atoms with E-state index in [-0.39, 0.29) is 11.9 Å². The number of carbonyl (C=O) groups is 1. The van der Waals surface area contributed by atoms with Crippen molar-refractivity contribution in [3.63, 3.8) is 0 Å². The molecule has 2 aromatic rings. The number of benzene rings is 2. The van der Waals surface area contributed by atoms with Crippen molar-refractivity contribution < 1.29 is 9.53 Å². The summed E-state index contributed by atoms with van der Waals surface area (Å²) in [4.78, 5) is 14.9. The summed E-state index contributed by atoms with van der Waals surface area (Å²) in [7, 11) is 1.69. The van der Waals surface area contributed by atoms with Gasteiger partial charge in [-0.3, -0.25) is 9.69 Å². The van der Waals surface area contributed by atoms with Crippen LogP contribution in [0.3, 0.4) is 0 Å². The Labute approximate surface area is 172 Å². The highest BCUT2D eigenvalue weighted by Crippen LogP contribution is 2.27. The van der Waals surface area contributed by atoms with Crippen molar-refractivity contribution in [2.75, 3.05) is 20.2 Å². The number of carbonyl (C=O) groups excluding carboxylic acids is 1. The number of piperidine rings is 1.